The molecular weight excluding hydrogens is 432 g/mol. The van der Waals surface area contributed by atoms with Gasteiger partial charge in [-0.05, 0) is 47.2 Å². The van der Waals surface area contributed by atoms with Crippen LogP contribution in [-0.4, -0.2) is 26.3 Å². The largest absolute Gasteiger partial charge is 0.488 e. The molecule has 0 aliphatic carbocycles. The molecule has 0 amide bonds. The molecule has 1 heterocycles. The minimum Gasteiger partial charge on any atom is -0.488 e. The summed E-state index contributed by atoms with van der Waals surface area (Å²) in [5.74, 6) is 0.867. The summed E-state index contributed by atoms with van der Waals surface area (Å²) in [5, 5.41) is 6.69. The average molecular weight is 459 g/mol. The summed E-state index contributed by atoms with van der Waals surface area (Å²) in [7, 11) is 0. The smallest absolute Gasteiger partial charge is 0.125 e. The SMILES string of the molecule is Clc1ccccc1COc1ccc2ccccc2c1CNc1ccc(N2CCOCC2)cc1. The number of nitrogens with zero attached hydrogens (tertiary/aromatic N) is 1. The second-order valence-corrected chi connectivity index (χ2v) is 8.55. The number of anilines is 2. The fraction of sp³-hybridized carbons (Fsp3) is 0.214. The summed E-state index contributed by atoms with van der Waals surface area (Å²) in [6.07, 6.45) is 0. The van der Waals surface area contributed by atoms with Crippen LogP contribution in [0.15, 0.2) is 84.9 Å². The molecule has 0 spiro atoms. The van der Waals surface area contributed by atoms with Gasteiger partial charge < -0.3 is 19.7 Å². The lowest BCUT2D eigenvalue weighted by Crippen LogP contribution is -2.36. The molecule has 4 aromatic carbocycles. The van der Waals surface area contributed by atoms with Crippen molar-refractivity contribution in [1.29, 1.82) is 0 Å². The minimum atomic E-state index is 0.430. The molecule has 4 aromatic rings. The molecule has 1 aliphatic rings. The summed E-state index contributed by atoms with van der Waals surface area (Å²) in [5.41, 5.74) is 4.43. The topological polar surface area (TPSA) is 33.7 Å². The lowest BCUT2D eigenvalue weighted by atomic mass is 10.0. The van der Waals surface area contributed by atoms with Crippen molar-refractivity contribution in [2.75, 3.05) is 36.5 Å². The van der Waals surface area contributed by atoms with Crippen LogP contribution in [0, 0.1) is 0 Å². The van der Waals surface area contributed by atoms with Gasteiger partial charge in [-0.3, -0.25) is 0 Å². The zero-order chi connectivity index (χ0) is 22.5. The molecule has 0 atom stereocenters. The molecular formula is C28H27ClN2O2. The normalized spacial score (nSPS) is 13.8. The van der Waals surface area contributed by atoms with E-state index >= 15 is 0 Å². The van der Waals surface area contributed by atoms with Gasteiger partial charge in [0.25, 0.3) is 0 Å². The second kappa shape index (κ2) is 10.2. The number of rotatable bonds is 7. The fourth-order valence-corrected chi connectivity index (χ4v) is 4.40. The number of benzene rings is 4. The van der Waals surface area contributed by atoms with Crippen LogP contribution in [0.4, 0.5) is 11.4 Å². The van der Waals surface area contributed by atoms with Gasteiger partial charge in [0, 0.05) is 47.2 Å². The van der Waals surface area contributed by atoms with E-state index < -0.39 is 0 Å². The average Bonchev–Trinajstić information content (AvgIpc) is 2.88. The number of nitrogens with one attached hydrogen (secondary N) is 1. The number of ether oxygens (including phenoxy) is 2. The Balaban J connectivity index is 1.35. The van der Waals surface area contributed by atoms with Gasteiger partial charge in [0.05, 0.1) is 13.2 Å². The first-order chi connectivity index (χ1) is 16.3. The Hall–Kier alpha value is -3.21. The molecule has 5 heteroatoms. The number of fused-ring (bicyclic) bond motifs is 1. The summed E-state index contributed by atoms with van der Waals surface area (Å²) in [4.78, 5) is 2.36. The van der Waals surface area contributed by atoms with Gasteiger partial charge in [0.1, 0.15) is 12.4 Å². The van der Waals surface area contributed by atoms with Crippen molar-refractivity contribution in [1.82, 2.24) is 0 Å². The molecule has 5 rings (SSSR count). The van der Waals surface area contributed by atoms with Crippen LogP contribution >= 0.6 is 11.6 Å². The highest BCUT2D eigenvalue weighted by molar-refractivity contribution is 6.31. The number of hydrogen-bond donors (Lipinski definition) is 1. The van der Waals surface area contributed by atoms with Crippen LogP contribution in [-0.2, 0) is 17.9 Å². The first-order valence-electron chi connectivity index (χ1n) is 11.3. The molecule has 1 saturated heterocycles. The van der Waals surface area contributed by atoms with Crippen molar-refractivity contribution in [2.45, 2.75) is 13.2 Å². The Morgan fingerprint density at radius 2 is 1.61 bits per heavy atom. The van der Waals surface area contributed by atoms with Crippen molar-refractivity contribution in [3.63, 3.8) is 0 Å². The molecule has 4 nitrogen and oxygen atoms in total. The van der Waals surface area contributed by atoms with Crippen molar-refractivity contribution in [2.24, 2.45) is 0 Å². The van der Waals surface area contributed by atoms with Gasteiger partial charge in [-0.25, -0.2) is 0 Å². The van der Waals surface area contributed by atoms with Crippen LogP contribution in [0.1, 0.15) is 11.1 Å². The zero-order valence-corrected chi connectivity index (χ0v) is 19.2. The van der Waals surface area contributed by atoms with E-state index in [1.54, 1.807) is 0 Å². The standard InChI is InChI=1S/C28H27ClN2O2/c29-27-8-4-2-6-22(27)20-33-28-14-9-21-5-1-3-7-25(21)26(28)19-30-23-10-12-24(13-11-23)31-15-17-32-18-16-31/h1-14,30H,15-20H2. The third-order valence-electron chi connectivity index (χ3n) is 6.05. The van der Waals surface area contributed by atoms with E-state index in [1.807, 2.05) is 24.3 Å². The van der Waals surface area contributed by atoms with E-state index in [9.17, 15) is 0 Å². The van der Waals surface area contributed by atoms with Gasteiger partial charge in [-0.15, -0.1) is 0 Å². The van der Waals surface area contributed by atoms with Gasteiger partial charge in [0.15, 0.2) is 0 Å². The summed E-state index contributed by atoms with van der Waals surface area (Å²) >= 11 is 6.33. The highest BCUT2D eigenvalue weighted by atomic mass is 35.5. The highest BCUT2D eigenvalue weighted by Gasteiger charge is 2.12. The third kappa shape index (κ3) is 5.08. The summed E-state index contributed by atoms with van der Waals surface area (Å²) < 4.78 is 11.7. The zero-order valence-electron chi connectivity index (χ0n) is 18.5. The molecule has 0 unspecified atom stereocenters. The number of hydrogen-bond acceptors (Lipinski definition) is 4. The molecule has 1 N–H and O–H groups in total. The Morgan fingerprint density at radius 3 is 2.42 bits per heavy atom. The van der Waals surface area contributed by atoms with Crippen LogP contribution in [0.25, 0.3) is 10.8 Å². The number of halogens is 1. The maximum atomic E-state index is 6.33. The van der Waals surface area contributed by atoms with E-state index in [4.69, 9.17) is 21.1 Å². The lowest BCUT2D eigenvalue weighted by molar-refractivity contribution is 0.122. The fourth-order valence-electron chi connectivity index (χ4n) is 4.21. The first-order valence-corrected chi connectivity index (χ1v) is 11.7. The second-order valence-electron chi connectivity index (χ2n) is 8.14. The first kappa shape index (κ1) is 21.6. The molecule has 1 fully saturated rings. The highest BCUT2D eigenvalue weighted by Crippen LogP contribution is 2.30. The molecule has 168 valence electrons. The summed E-state index contributed by atoms with van der Waals surface area (Å²) in [6.45, 7) is 4.55. The van der Waals surface area contributed by atoms with Crippen LogP contribution in [0.5, 0.6) is 5.75 Å². The number of morpholine rings is 1. The predicted octanol–water partition coefficient (Wildman–Crippen LogP) is 6.52. The summed E-state index contributed by atoms with van der Waals surface area (Å²) in [6, 6.07) is 29.0. The Labute approximate surface area is 199 Å². The Bertz CT molecular complexity index is 1220. The lowest BCUT2D eigenvalue weighted by Gasteiger charge is -2.29. The van der Waals surface area contributed by atoms with Gasteiger partial charge in [0.2, 0.25) is 0 Å². The molecule has 0 aromatic heterocycles. The van der Waals surface area contributed by atoms with Crippen molar-refractivity contribution >= 4 is 33.7 Å². The van der Waals surface area contributed by atoms with Crippen molar-refractivity contribution in [3.8, 4) is 5.75 Å². The van der Waals surface area contributed by atoms with Crippen LogP contribution in [0.2, 0.25) is 5.02 Å². The Morgan fingerprint density at radius 1 is 0.848 bits per heavy atom. The van der Waals surface area contributed by atoms with E-state index in [0.717, 1.165) is 53.9 Å². The quantitative estimate of drug-likeness (QED) is 0.341. The van der Waals surface area contributed by atoms with Gasteiger partial charge >= 0.3 is 0 Å². The monoisotopic (exact) mass is 458 g/mol. The molecule has 0 bridgehead atoms. The predicted molar refractivity (Wildman–Crippen MR) is 137 cm³/mol. The van der Waals surface area contributed by atoms with Gasteiger partial charge in [-0.2, -0.15) is 0 Å². The Kier molecular flexibility index (Phi) is 6.66. The minimum absolute atomic E-state index is 0.430. The van der Waals surface area contributed by atoms with E-state index in [0.29, 0.717) is 13.2 Å². The molecule has 1 aliphatic heterocycles. The van der Waals surface area contributed by atoms with Crippen molar-refractivity contribution < 1.29 is 9.47 Å². The maximum absolute atomic E-state index is 6.33. The van der Waals surface area contributed by atoms with Gasteiger partial charge in [-0.1, -0.05) is 60.1 Å². The van der Waals surface area contributed by atoms with E-state index in [-0.39, 0.29) is 0 Å². The molecule has 0 radical (unpaired) electrons. The third-order valence-corrected chi connectivity index (χ3v) is 6.42. The van der Waals surface area contributed by atoms with Crippen LogP contribution < -0.4 is 15.0 Å². The maximum Gasteiger partial charge on any atom is 0.125 e. The van der Waals surface area contributed by atoms with Crippen LogP contribution in [0.3, 0.4) is 0 Å². The van der Waals surface area contributed by atoms with E-state index in [2.05, 4.69) is 70.9 Å². The van der Waals surface area contributed by atoms with E-state index in [1.165, 1.54) is 16.5 Å². The molecule has 33 heavy (non-hydrogen) atoms. The van der Waals surface area contributed by atoms with Crippen molar-refractivity contribution in [3.05, 3.63) is 101 Å². The molecule has 0 saturated carbocycles.